The van der Waals surface area contributed by atoms with Crippen LogP contribution in [0.1, 0.15) is 13.8 Å². The normalized spacial score (nSPS) is 8.57. The summed E-state index contributed by atoms with van der Waals surface area (Å²) in [7, 11) is 0. The minimum atomic E-state index is 0. The summed E-state index contributed by atoms with van der Waals surface area (Å²) in [5, 5.41) is 0. The molecule has 0 N–H and O–H groups in total. The summed E-state index contributed by atoms with van der Waals surface area (Å²) in [4.78, 5) is 0. The maximum atomic E-state index is 4.62. The number of halogens is 1. The molecule has 0 saturated carbocycles. The molecule has 0 heterocycles. The molecule has 0 aliphatic carbocycles. The molecule has 0 aromatic rings. The van der Waals surface area contributed by atoms with Gasteiger partial charge in [0, 0.05) is 0 Å². The van der Waals surface area contributed by atoms with E-state index in [1.165, 1.54) is 0 Å². The zero-order valence-electron chi connectivity index (χ0n) is 4.07. The molecule has 0 saturated heterocycles. The zero-order chi connectivity index (χ0) is 4.99. The highest BCUT2D eigenvalue weighted by Crippen LogP contribution is 1.94. The highest BCUT2D eigenvalue weighted by molar-refractivity contribution is 9.06. The second kappa shape index (κ2) is 7.21. The average Bonchev–Trinajstić information content (AvgIpc) is 1.35. The lowest BCUT2D eigenvalue weighted by atomic mass is 10.2. The molecule has 0 amide bonds. The van der Waals surface area contributed by atoms with Gasteiger partial charge in [-0.25, -0.2) is 0 Å². The van der Waals surface area contributed by atoms with E-state index in [-0.39, 0.29) is 23.1 Å². The predicted octanol–water partition coefficient (Wildman–Crippen LogP) is 1.05. The van der Waals surface area contributed by atoms with Crippen LogP contribution in [0.3, 0.4) is 0 Å². The Balaban J connectivity index is 0. The first-order chi connectivity index (χ1) is 2.77. The summed E-state index contributed by atoms with van der Waals surface area (Å²) in [5.74, 6) is 0.629. The first-order valence-electron chi connectivity index (χ1n) is 2.01. The van der Waals surface area contributed by atoms with Gasteiger partial charge < -0.3 is 3.83 Å². The van der Waals surface area contributed by atoms with Gasteiger partial charge >= 0.3 is 23.1 Å². The Kier molecular flexibility index (Phi) is 11.4. The molecule has 42 valence electrons. The topological polar surface area (TPSA) is 9.23 Å². The molecule has 0 fully saturated rings. The lowest BCUT2D eigenvalue weighted by molar-refractivity contribution is 0.333. The van der Waals surface area contributed by atoms with E-state index in [1.807, 2.05) is 0 Å². The maximum Gasteiger partial charge on any atom is 0.316 e. The van der Waals surface area contributed by atoms with Crippen LogP contribution in [0.25, 0.3) is 0 Å². The summed E-state index contributed by atoms with van der Waals surface area (Å²) < 4.78 is 4.62. The maximum absolute atomic E-state index is 4.62. The molecule has 0 spiro atoms. The molecule has 0 unspecified atom stereocenters. The average molecular weight is 179 g/mol. The second-order valence-electron chi connectivity index (χ2n) is 1.67. The molecule has 0 atom stereocenters. The third kappa shape index (κ3) is 11.0. The monoisotopic (exact) mass is 178 g/mol. The second-order valence-corrected chi connectivity index (χ2v) is 2.13. The molecular weight excluding hydrogens is 168 g/mol. The van der Waals surface area contributed by atoms with Gasteiger partial charge in [0.1, 0.15) is 0 Å². The van der Waals surface area contributed by atoms with Crippen LogP contribution in [-0.4, -0.2) is 29.7 Å². The van der Waals surface area contributed by atoms with E-state index in [4.69, 9.17) is 0 Å². The summed E-state index contributed by atoms with van der Waals surface area (Å²) >= 11 is 2.85. The van der Waals surface area contributed by atoms with Crippen molar-refractivity contribution in [1.29, 1.82) is 0 Å². The van der Waals surface area contributed by atoms with Gasteiger partial charge in [0.2, 0.25) is 0 Å². The highest BCUT2D eigenvalue weighted by Gasteiger charge is 1.87. The van der Waals surface area contributed by atoms with Gasteiger partial charge in [-0.05, 0) is 5.92 Å². The van der Waals surface area contributed by atoms with E-state index < -0.39 is 0 Å². The standard InChI is InChI=1S/C4H9BrO.Mg.2H/c1-4(2)3-6-5;;;/h4H,3H2,1-2H3;;;. The molecule has 3 heteroatoms. The van der Waals surface area contributed by atoms with Crippen LogP contribution in [0.4, 0.5) is 0 Å². The van der Waals surface area contributed by atoms with E-state index >= 15 is 0 Å². The van der Waals surface area contributed by atoms with E-state index in [0.29, 0.717) is 5.92 Å². The summed E-state index contributed by atoms with van der Waals surface area (Å²) in [6.45, 7) is 4.99. The Morgan fingerprint density at radius 1 is 1.57 bits per heavy atom. The van der Waals surface area contributed by atoms with Crippen molar-refractivity contribution < 1.29 is 3.83 Å². The van der Waals surface area contributed by atoms with Crippen LogP contribution in [0.2, 0.25) is 0 Å². The first kappa shape index (κ1) is 11.1. The fraction of sp³-hybridized carbons (Fsp3) is 1.00. The lowest BCUT2D eigenvalue weighted by Crippen LogP contribution is -1.92. The zero-order valence-corrected chi connectivity index (χ0v) is 5.66. The molecule has 7 heavy (non-hydrogen) atoms. The highest BCUT2D eigenvalue weighted by atomic mass is 79.9. The van der Waals surface area contributed by atoms with Gasteiger partial charge in [0.15, 0.2) is 0 Å². The molecule has 0 bridgehead atoms. The number of rotatable bonds is 2. The van der Waals surface area contributed by atoms with Gasteiger partial charge in [-0.3, -0.25) is 0 Å². The van der Waals surface area contributed by atoms with Crippen LogP contribution >= 0.6 is 16.3 Å². The van der Waals surface area contributed by atoms with Crippen molar-refractivity contribution in [2.45, 2.75) is 13.8 Å². The van der Waals surface area contributed by atoms with Crippen molar-refractivity contribution in [2.75, 3.05) is 6.61 Å². The van der Waals surface area contributed by atoms with Crippen molar-refractivity contribution in [3.8, 4) is 0 Å². The summed E-state index contributed by atoms with van der Waals surface area (Å²) in [6.07, 6.45) is 0. The first-order valence-corrected chi connectivity index (χ1v) is 2.65. The molecule has 0 rings (SSSR count). The predicted molar refractivity (Wildman–Crippen MR) is 38.3 cm³/mol. The third-order valence-electron chi connectivity index (χ3n) is 0.396. The smallest absolute Gasteiger partial charge is 0.308 e. The van der Waals surface area contributed by atoms with Crippen LogP contribution in [0.15, 0.2) is 0 Å². The largest absolute Gasteiger partial charge is 0.316 e. The third-order valence-corrected chi connectivity index (χ3v) is 0.661. The van der Waals surface area contributed by atoms with Crippen molar-refractivity contribution in [3.63, 3.8) is 0 Å². The molecule has 0 radical (unpaired) electrons. The Labute approximate surface area is 69.4 Å². The lowest BCUT2D eigenvalue weighted by Gasteiger charge is -1.95. The fourth-order valence-corrected chi connectivity index (χ4v) is 0.655. The van der Waals surface area contributed by atoms with Crippen molar-refractivity contribution in [2.24, 2.45) is 5.92 Å². The van der Waals surface area contributed by atoms with Crippen LogP contribution in [0.5, 0.6) is 0 Å². The molecule has 0 aliphatic heterocycles. The number of hydrogen-bond donors (Lipinski definition) is 0. The van der Waals surface area contributed by atoms with Gasteiger partial charge in [-0.1, -0.05) is 13.8 Å². The van der Waals surface area contributed by atoms with E-state index in [2.05, 4.69) is 33.9 Å². The Bertz CT molecular complexity index is 32.9. The SMILES string of the molecule is CC(C)COBr.[MgH2]. The van der Waals surface area contributed by atoms with Gasteiger partial charge in [0.05, 0.1) is 22.9 Å². The minimum absolute atomic E-state index is 0. The van der Waals surface area contributed by atoms with E-state index in [9.17, 15) is 0 Å². The fourth-order valence-electron chi connectivity index (χ4n) is 0.126. The van der Waals surface area contributed by atoms with Crippen molar-refractivity contribution >= 4 is 39.3 Å². The van der Waals surface area contributed by atoms with Crippen LogP contribution in [-0.2, 0) is 3.83 Å². The van der Waals surface area contributed by atoms with Crippen molar-refractivity contribution in [1.82, 2.24) is 0 Å². The molecule has 1 nitrogen and oxygen atoms in total. The van der Waals surface area contributed by atoms with Crippen LogP contribution in [0, 0.1) is 5.92 Å². The van der Waals surface area contributed by atoms with Gasteiger partial charge in [-0.2, -0.15) is 0 Å². The quantitative estimate of drug-likeness (QED) is 0.576. The van der Waals surface area contributed by atoms with Gasteiger partial charge in [-0.15, -0.1) is 0 Å². The minimum Gasteiger partial charge on any atom is -0.308 e. The Hall–Kier alpha value is 1.21. The molecule has 0 aliphatic rings. The van der Waals surface area contributed by atoms with Crippen LogP contribution < -0.4 is 0 Å². The van der Waals surface area contributed by atoms with Crippen molar-refractivity contribution in [3.05, 3.63) is 0 Å². The Morgan fingerprint density at radius 3 is 2.00 bits per heavy atom. The van der Waals surface area contributed by atoms with E-state index in [0.717, 1.165) is 6.61 Å². The Morgan fingerprint density at radius 2 is 2.00 bits per heavy atom. The summed E-state index contributed by atoms with van der Waals surface area (Å²) in [6, 6.07) is 0. The van der Waals surface area contributed by atoms with Gasteiger partial charge in [0.25, 0.3) is 0 Å². The van der Waals surface area contributed by atoms with E-state index in [1.54, 1.807) is 0 Å². The molecular formula is C4H11BrMgO. The molecule has 0 aromatic carbocycles. The molecule has 0 aromatic heterocycles. The number of hydrogen-bond acceptors (Lipinski definition) is 1. The summed E-state index contributed by atoms with van der Waals surface area (Å²) in [5.41, 5.74) is 0.